The van der Waals surface area contributed by atoms with Crippen molar-refractivity contribution in [2.24, 2.45) is 11.5 Å². The average Bonchev–Trinajstić information content (AvgIpc) is 2.13. The first-order valence-corrected chi connectivity index (χ1v) is 5.06. The van der Waals surface area contributed by atoms with Crippen LogP contribution in [0.15, 0.2) is 0 Å². The molecule has 5 N–H and O–H groups in total. The number of hydrogen-bond acceptors (Lipinski definition) is 6. The van der Waals surface area contributed by atoms with E-state index in [9.17, 15) is 9.59 Å². The minimum absolute atomic E-state index is 0.0629. The van der Waals surface area contributed by atoms with Crippen molar-refractivity contribution in [2.75, 3.05) is 5.75 Å². The van der Waals surface area contributed by atoms with Crippen LogP contribution in [0.3, 0.4) is 0 Å². The lowest BCUT2D eigenvalue weighted by atomic mass is 10.3. The highest BCUT2D eigenvalue weighted by Crippen LogP contribution is 2.03. The largest absolute Gasteiger partial charge is 0.475 e. The summed E-state index contributed by atoms with van der Waals surface area (Å²) in [5.41, 5.74) is 10.7. The van der Waals surface area contributed by atoms with Crippen molar-refractivity contribution < 1.29 is 14.7 Å². The molecule has 0 aliphatic heterocycles. The molecule has 1 heterocycles. The molecule has 0 spiro atoms. The van der Waals surface area contributed by atoms with E-state index < -0.39 is 23.7 Å². The lowest BCUT2D eigenvalue weighted by Crippen LogP contribution is -2.49. The molecule has 0 saturated heterocycles. The van der Waals surface area contributed by atoms with Crippen molar-refractivity contribution in [2.45, 2.75) is 6.04 Å². The number of aromatic carboxylic acids is 1. The molecule has 1 rings (SSSR count). The minimum Gasteiger partial charge on any atom is -0.475 e. The molecule has 88 valence electrons. The number of aromatic nitrogens is 3. The van der Waals surface area contributed by atoms with Gasteiger partial charge in [-0.15, -0.1) is 9.90 Å². The molecule has 16 heavy (non-hydrogen) atoms. The number of nitrogens with zero attached hydrogens (tertiary/aromatic N) is 3. The summed E-state index contributed by atoms with van der Waals surface area (Å²) in [4.78, 5) is 23.1. The van der Waals surface area contributed by atoms with E-state index >= 15 is 0 Å². The lowest BCUT2D eigenvalue weighted by Gasteiger charge is -2.21. The van der Waals surface area contributed by atoms with Gasteiger partial charge in [-0.25, -0.2) is 4.79 Å². The highest BCUT2D eigenvalue weighted by molar-refractivity contribution is 7.80. The molecule has 1 aromatic heterocycles. The van der Waals surface area contributed by atoms with Gasteiger partial charge in [0.15, 0.2) is 0 Å². The van der Waals surface area contributed by atoms with Gasteiger partial charge in [-0.3, -0.25) is 4.79 Å². The molecule has 0 aromatic carbocycles. The maximum Gasteiger partial charge on any atom is 0.375 e. The molecular formula is C6H9N5O3S2. The lowest BCUT2D eigenvalue weighted by molar-refractivity contribution is 0.0624. The summed E-state index contributed by atoms with van der Waals surface area (Å²) in [5, 5.41) is 11.9. The van der Waals surface area contributed by atoms with E-state index in [1.807, 2.05) is 0 Å². The van der Waals surface area contributed by atoms with Gasteiger partial charge in [0, 0.05) is 5.75 Å². The zero-order chi connectivity index (χ0) is 12.5. The number of thiocarbonyl (C=S) groups is 1. The Morgan fingerprint density at radius 3 is 2.56 bits per heavy atom. The van der Waals surface area contributed by atoms with Gasteiger partial charge in [0.05, 0.1) is 6.04 Å². The van der Waals surface area contributed by atoms with Crippen LogP contribution in [0.1, 0.15) is 15.4 Å². The van der Waals surface area contributed by atoms with Crippen LogP contribution in [0.2, 0.25) is 0 Å². The van der Waals surface area contributed by atoms with Crippen molar-refractivity contribution >= 4 is 41.8 Å². The van der Waals surface area contributed by atoms with E-state index in [-0.39, 0.29) is 10.9 Å². The fraction of sp³-hybridized carbons (Fsp3) is 0.333. The Kier molecular flexibility index (Phi) is 3.67. The number of nitrogens with two attached hydrogens (primary N) is 2. The number of hydrogen-bond donors (Lipinski definition) is 4. The SMILES string of the molecule is NC(=S)n1nc(C(=O)O)n1C(=O)[C@@H](N)CS. The molecule has 1 atom stereocenters. The van der Waals surface area contributed by atoms with Gasteiger partial charge < -0.3 is 16.6 Å². The third-order valence-electron chi connectivity index (χ3n) is 1.69. The zero-order valence-electron chi connectivity index (χ0n) is 7.90. The second-order valence-corrected chi connectivity index (χ2v) is 3.58. The Morgan fingerprint density at radius 1 is 1.62 bits per heavy atom. The molecule has 0 unspecified atom stereocenters. The predicted molar refractivity (Wildman–Crippen MR) is 61.8 cm³/mol. The van der Waals surface area contributed by atoms with Crippen molar-refractivity contribution in [1.82, 2.24) is 14.6 Å². The van der Waals surface area contributed by atoms with Crippen LogP contribution in [0, 0.1) is 0 Å². The number of carboxylic acid groups (broad SMARTS) is 1. The van der Waals surface area contributed by atoms with Crippen LogP contribution >= 0.6 is 24.8 Å². The molecule has 0 amide bonds. The Labute approximate surface area is 101 Å². The number of carbonyl (C=O) groups excluding carboxylic acids is 1. The number of carboxylic acids is 1. The fourth-order valence-electron chi connectivity index (χ4n) is 0.943. The summed E-state index contributed by atoms with van der Waals surface area (Å²) >= 11 is 8.41. The standard InChI is InChI=1S/C6H9N5O3S2/c7-2(1-15)4(12)10-3(5(13)14)9-11(10)6(8)16/h2,15H,1,7H2,(H2,8,16)(H,13,14)/t2-/m0/s1. The third kappa shape index (κ3) is 2.08. The quantitative estimate of drug-likeness (QED) is 0.380. The van der Waals surface area contributed by atoms with E-state index in [0.29, 0.717) is 4.68 Å². The van der Waals surface area contributed by atoms with Crippen molar-refractivity contribution in [3.05, 3.63) is 5.82 Å². The monoisotopic (exact) mass is 263 g/mol. The van der Waals surface area contributed by atoms with E-state index in [4.69, 9.17) is 16.6 Å². The van der Waals surface area contributed by atoms with Crippen molar-refractivity contribution in [3.63, 3.8) is 0 Å². The maximum atomic E-state index is 11.6. The molecule has 0 aliphatic rings. The van der Waals surface area contributed by atoms with Crippen LogP contribution in [0.4, 0.5) is 0 Å². The summed E-state index contributed by atoms with van der Waals surface area (Å²) in [7, 11) is 0. The van der Waals surface area contributed by atoms with Gasteiger partial charge in [-0.05, 0) is 12.2 Å². The van der Waals surface area contributed by atoms with E-state index in [1.54, 1.807) is 0 Å². The zero-order valence-corrected chi connectivity index (χ0v) is 9.61. The number of carbonyl (C=O) groups is 2. The summed E-state index contributed by atoms with van der Waals surface area (Å²) < 4.78 is 0.714. The molecule has 0 fully saturated rings. The number of rotatable bonds is 3. The van der Waals surface area contributed by atoms with E-state index in [0.717, 1.165) is 4.80 Å². The first-order valence-electron chi connectivity index (χ1n) is 4.02. The second kappa shape index (κ2) is 4.63. The number of thiol groups is 1. The van der Waals surface area contributed by atoms with E-state index in [2.05, 4.69) is 29.9 Å². The summed E-state index contributed by atoms with van der Waals surface area (Å²) in [5.74, 6) is -2.47. The third-order valence-corrected chi connectivity index (χ3v) is 2.25. The topological polar surface area (TPSA) is 129 Å². The van der Waals surface area contributed by atoms with Gasteiger partial charge in [0.1, 0.15) is 0 Å². The maximum absolute atomic E-state index is 11.6. The van der Waals surface area contributed by atoms with Crippen LogP contribution in [0.25, 0.3) is 0 Å². The molecule has 0 radical (unpaired) electrons. The Balaban J connectivity index is 3.14. The highest BCUT2D eigenvalue weighted by atomic mass is 32.1. The molecule has 8 nitrogen and oxygen atoms in total. The Hall–Kier alpha value is -1.39. The van der Waals surface area contributed by atoms with E-state index in [1.165, 1.54) is 0 Å². The highest BCUT2D eigenvalue weighted by Gasteiger charge is 2.29. The van der Waals surface area contributed by atoms with Crippen LogP contribution in [-0.4, -0.2) is 48.5 Å². The summed E-state index contributed by atoms with van der Waals surface area (Å²) in [6.45, 7) is 0. The summed E-state index contributed by atoms with van der Waals surface area (Å²) in [6.07, 6.45) is 0. The van der Waals surface area contributed by atoms with Crippen LogP contribution < -0.4 is 11.5 Å². The van der Waals surface area contributed by atoms with Gasteiger partial charge in [0.2, 0.25) is 5.11 Å². The molecule has 0 saturated carbocycles. The summed E-state index contributed by atoms with van der Waals surface area (Å²) in [6, 6.07) is -0.954. The van der Waals surface area contributed by atoms with Gasteiger partial charge in [-0.2, -0.15) is 17.3 Å². The second-order valence-electron chi connectivity index (χ2n) is 2.80. The van der Waals surface area contributed by atoms with Gasteiger partial charge >= 0.3 is 5.97 Å². The Morgan fingerprint density at radius 2 is 2.19 bits per heavy atom. The molecule has 1 aromatic rings. The van der Waals surface area contributed by atoms with Gasteiger partial charge in [0.25, 0.3) is 11.7 Å². The molecule has 0 aliphatic carbocycles. The van der Waals surface area contributed by atoms with Crippen molar-refractivity contribution in [3.8, 4) is 0 Å². The minimum atomic E-state index is -1.37. The Bertz CT molecular complexity index is 424. The average molecular weight is 263 g/mol. The van der Waals surface area contributed by atoms with Crippen molar-refractivity contribution in [1.29, 1.82) is 0 Å². The molecule has 10 heteroatoms. The van der Waals surface area contributed by atoms with Gasteiger partial charge in [-0.1, -0.05) is 0 Å². The first-order chi connectivity index (χ1) is 7.40. The van der Waals surface area contributed by atoms with Crippen LogP contribution in [-0.2, 0) is 0 Å². The normalized spacial score (nSPS) is 12.4. The van der Waals surface area contributed by atoms with Crippen LogP contribution in [0.5, 0.6) is 0 Å². The predicted octanol–water partition coefficient (Wildman–Crippen LogP) is -1.63. The molecule has 0 bridgehead atoms. The fourth-order valence-corrected chi connectivity index (χ4v) is 1.22. The first kappa shape index (κ1) is 12.7. The smallest absolute Gasteiger partial charge is 0.375 e. The molecular weight excluding hydrogens is 254 g/mol.